The van der Waals surface area contributed by atoms with Crippen LogP contribution in [0.5, 0.6) is 5.75 Å². The van der Waals surface area contributed by atoms with E-state index in [1.807, 2.05) is 12.1 Å². The van der Waals surface area contributed by atoms with Gasteiger partial charge in [-0.2, -0.15) is 0 Å². The van der Waals surface area contributed by atoms with Gasteiger partial charge in [-0.3, -0.25) is 9.59 Å². The summed E-state index contributed by atoms with van der Waals surface area (Å²) in [5.41, 5.74) is 5.32. The van der Waals surface area contributed by atoms with E-state index in [0.29, 0.717) is 24.4 Å². The van der Waals surface area contributed by atoms with Crippen LogP contribution in [0.15, 0.2) is 121 Å². The lowest BCUT2D eigenvalue weighted by Crippen LogP contribution is -2.33. The smallest absolute Gasteiger partial charge is 0.251 e. The van der Waals surface area contributed by atoms with Crippen molar-refractivity contribution in [3.8, 4) is 5.75 Å². The first kappa shape index (κ1) is 28.2. The van der Waals surface area contributed by atoms with Gasteiger partial charge in [0.05, 0.1) is 0 Å². The Labute approximate surface area is 243 Å². The van der Waals surface area contributed by atoms with E-state index in [2.05, 4.69) is 90.1 Å². The van der Waals surface area contributed by atoms with Crippen molar-refractivity contribution in [1.29, 1.82) is 0 Å². The van der Waals surface area contributed by atoms with Gasteiger partial charge < -0.3 is 15.0 Å². The summed E-state index contributed by atoms with van der Waals surface area (Å²) in [6.07, 6.45) is 12.8. The van der Waals surface area contributed by atoms with Crippen LogP contribution in [-0.4, -0.2) is 36.3 Å². The van der Waals surface area contributed by atoms with Gasteiger partial charge in [0.15, 0.2) is 5.78 Å². The fourth-order valence-electron chi connectivity index (χ4n) is 5.32. The van der Waals surface area contributed by atoms with Crippen LogP contribution < -0.4 is 10.1 Å². The third-order valence-electron chi connectivity index (χ3n) is 7.77. The van der Waals surface area contributed by atoms with Gasteiger partial charge in [0.1, 0.15) is 12.4 Å². The highest BCUT2D eigenvalue weighted by atomic mass is 16.5. The number of amides is 1. The average molecular weight is 547 g/mol. The van der Waals surface area contributed by atoms with Crippen molar-refractivity contribution in [2.75, 3.05) is 19.7 Å². The predicted octanol–water partition coefficient (Wildman–Crippen LogP) is 7.05. The molecule has 1 aliphatic heterocycles. The second kappa shape index (κ2) is 13.8. The zero-order valence-corrected chi connectivity index (χ0v) is 23.7. The minimum atomic E-state index is -0.162. The van der Waals surface area contributed by atoms with Crippen LogP contribution in [0.25, 0.3) is 0 Å². The van der Waals surface area contributed by atoms with Crippen molar-refractivity contribution in [3.05, 3.63) is 137 Å². The maximum absolute atomic E-state index is 13.0. The molecule has 5 nitrogen and oxygen atoms in total. The van der Waals surface area contributed by atoms with Crippen LogP contribution in [-0.2, 0) is 4.79 Å². The summed E-state index contributed by atoms with van der Waals surface area (Å²) >= 11 is 0. The Hall–Kier alpha value is -4.38. The average Bonchev–Trinajstić information content (AvgIpc) is 2.98. The molecule has 1 aliphatic carbocycles. The molecule has 0 radical (unpaired) electrons. The standard InChI is InChI=1S/C36H38N2O3/c1-2-11-32-21-20-31(35(28-12-5-3-6-13-28)29-14-7-4-8-15-29)25-38(32)23-22-37-36(40)30-18-10-19-33(24-30)41-26-34(39)27-16-9-17-27/h3-8,10-15,18-21,24-25,27,35H,2,9,16-17,22-23,26H2,1H3,(H,37,40)/b32-11-. The van der Waals surface area contributed by atoms with Gasteiger partial charge in [-0.25, -0.2) is 0 Å². The Morgan fingerprint density at radius 2 is 1.66 bits per heavy atom. The van der Waals surface area contributed by atoms with E-state index in [4.69, 9.17) is 4.74 Å². The van der Waals surface area contributed by atoms with E-state index in [1.165, 1.54) is 16.7 Å². The number of carbonyl (C=O) groups excluding carboxylic acids is 2. The first-order valence-electron chi connectivity index (χ1n) is 14.6. The molecule has 1 heterocycles. The molecule has 210 valence electrons. The van der Waals surface area contributed by atoms with Crippen LogP contribution in [0, 0.1) is 5.92 Å². The summed E-state index contributed by atoms with van der Waals surface area (Å²) in [5.74, 6) is 0.771. The zero-order valence-electron chi connectivity index (χ0n) is 23.7. The number of carbonyl (C=O) groups is 2. The lowest BCUT2D eigenvalue weighted by atomic mass is 9.82. The Bertz CT molecular complexity index is 1380. The lowest BCUT2D eigenvalue weighted by Gasteiger charge is -2.30. The molecular formula is C36H38N2O3. The van der Waals surface area contributed by atoms with Crippen molar-refractivity contribution in [1.82, 2.24) is 10.2 Å². The van der Waals surface area contributed by atoms with E-state index in [1.54, 1.807) is 24.3 Å². The third-order valence-corrected chi connectivity index (χ3v) is 7.77. The van der Waals surface area contributed by atoms with E-state index >= 15 is 0 Å². The predicted molar refractivity (Wildman–Crippen MR) is 164 cm³/mol. The number of Topliss-reactive ketones (excluding diaryl/α,β-unsaturated/α-hetero) is 1. The molecule has 0 saturated heterocycles. The van der Waals surface area contributed by atoms with Gasteiger partial charge in [0.2, 0.25) is 0 Å². The van der Waals surface area contributed by atoms with Crippen molar-refractivity contribution < 1.29 is 14.3 Å². The molecular weight excluding hydrogens is 508 g/mol. The number of ether oxygens (including phenoxy) is 1. The maximum Gasteiger partial charge on any atom is 0.251 e. The molecule has 1 saturated carbocycles. The minimum Gasteiger partial charge on any atom is -0.486 e. The normalized spacial score (nSPS) is 15.9. The Morgan fingerprint density at radius 3 is 2.29 bits per heavy atom. The summed E-state index contributed by atoms with van der Waals surface area (Å²) < 4.78 is 5.70. The molecule has 2 aliphatic rings. The lowest BCUT2D eigenvalue weighted by molar-refractivity contribution is -0.127. The molecule has 1 fully saturated rings. The van der Waals surface area contributed by atoms with E-state index < -0.39 is 0 Å². The molecule has 0 unspecified atom stereocenters. The largest absolute Gasteiger partial charge is 0.486 e. The number of allylic oxidation sites excluding steroid dienone is 4. The van der Waals surface area contributed by atoms with Crippen LogP contribution >= 0.6 is 0 Å². The Kier molecular flexibility index (Phi) is 9.48. The van der Waals surface area contributed by atoms with E-state index in [0.717, 1.165) is 31.4 Å². The molecule has 41 heavy (non-hydrogen) atoms. The topological polar surface area (TPSA) is 58.6 Å². The highest BCUT2D eigenvalue weighted by Crippen LogP contribution is 2.35. The second-order valence-corrected chi connectivity index (χ2v) is 10.6. The third kappa shape index (κ3) is 7.23. The molecule has 1 amide bonds. The fourth-order valence-corrected chi connectivity index (χ4v) is 5.32. The summed E-state index contributed by atoms with van der Waals surface area (Å²) in [6, 6.07) is 28.2. The quantitative estimate of drug-likeness (QED) is 0.265. The van der Waals surface area contributed by atoms with E-state index in [9.17, 15) is 9.59 Å². The highest BCUT2D eigenvalue weighted by molar-refractivity contribution is 5.94. The summed E-state index contributed by atoms with van der Waals surface area (Å²) in [4.78, 5) is 27.4. The van der Waals surface area contributed by atoms with Crippen molar-refractivity contribution >= 4 is 11.7 Å². The molecule has 0 atom stereocenters. The van der Waals surface area contributed by atoms with Crippen LogP contribution in [0.2, 0.25) is 0 Å². The van der Waals surface area contributed by atoms with Crippen molar-refractivity contribution in [2.45, 2.75) is 38.5 Å². The molecule has 1 N–H and O–H groups in total. The second-order valence-electron chi connectivity index (χ2n) is 10.6. The Balaban J connectivity index is 1.25. The van der Waals surface area contributed by atoms with E-state index in [-0.39, 0.29) is 30.1 Å². The molecule has 0 aromatic heterocycles. The first-order valence-corrected chi connectivity index (χ1v) is 14.6. The first-order chi connectivity index (χ1) is 20.1. The van der Waals surface area contributed by atoms with Gasteiger partial charge in [-0.1, -0.05) is 92.2 Å². The maximum atomic E-state index is 13.0. The van der Waals surface area contributed by atoms with Gasteiger partial charge >= 0.3 is 0 Å². The molecule has 5 heteroatoms. The van der Waals surface area contributed by atoms with Gasteiger partial charge in [-0.05, 0) is 60.2 Å². The Morgan fingerprint density at radius 1 is 0.951 bits per heavy atom. The van der Waals surface area contributed by atoms with Crippen LogP contribution in [0.4, 0.5) is 0 Å². The van der Waals surface area contributed by atoms with Crippen molar-refractivity contribution in [2.24, 2.45) is 5.92 Å². The zero-order chi connectivity index (χ0) is 28.4. The highest BCUT2D eigenvalue weighted by Gasteiger charge is 2.25. The molecule has 0 spiro atoms. The molecule has 3 aromatic rings. The van der Waals surface area contributed by atoms with Gasteiger partial charge in [-0.15, -0.1) is 0 Å². The number of nitrogens with one attached hydrogen (secondary N) is 1. The molecule has 5 rings (SSSR count). The molecule has 3 aromatic carbocycles. The van der Waals surface area contributed by atoms with Crippen molar-refractivity contribution in [3.63, 3.8) is 0 Å². The van der Waals surface area contributed by atoms with Crippen LogP contribution in [0.3, 0.4) is 0 Å². The summed E-state index contributed by atoms with van der Waals surface area (Å²) in [5, 5.41) is 3.06. The minimum absolute atomic E-state index is 0.0619. The van der Waals surface area contributed by atoms with Crippen LogP contribution in [0.1, 0.15) is 60.0 Å². The fraction of sp³-hybridized carbons (Fsp3) is 0.278. The van der Waals surface area contributed by atoms with Gasteiger partial charge in [0, 0.05) is 42.4 Å². The number of nitrogens with zero attached hydrogens (tertiary/aromatic N) is 1. The summed E-state index contributed by atoms with van der Waals surface area (Å²) in [7, 11) is 0. The number of hydrogen-bond acceptors (Lipinski definition) is 4. The monoisotopic (exact) mass is 546 g/mol. The molecule has 0 bridgehead atoms. The number of ketones is 1. The van der Waals surface area contributed by atoms with Gasteiger partial charge in [0.25, 0.3) is 5.91 Å². The number of benzene rings is 3. The number of hydrogen-bond donors (Lipinski definition) is 1. The number of rotatable bonds is 12. The SMILES string of the molecule is CC/C=C1/C=CC(C(c2ccccc2)c2ccccc2)=CN1CCNC(=O)c1cccc(OCC(=O)C2CCC2)c1. The summed E-state index contributed by atoms with van der Waals surface area (Å²) in [6.45, 7) is 3.30.